The third kappa shape index (κ3) is 6.71. The molecule has 3 heterocycles. The molecule has 0 spiro atoms. The van der Waals surface area contributed by atoms with Crippen molar-refractivity contribution in [3.63, 3.8) is 0 Å². The molecule has 0 aliphatic heterocycles. The molecule has 0 aliphatic rings. The molecular weight excluding hydrogens is 493 g/mol. The third-order valence-electron chi connectivity index (χ3n) is 5.75. The molecule has 0 radical (unpaired) electrons. The van der Waals surface area contributed by atoms with Crippen LogP contribution in [0.4, 0.5) is 9.18 Å². The van der Waals surface area contributed by atoms with E-state index in [0.29, 0.717) is 40.0 Å². The summed E-state index contributed by atoms with van der Waals surface area (Å²) in [5.41, 5.74) is 2.69. The molecule has 198 valence electrons. The summed E-state index contributed by atoms with van der Waals surface area (Å²) < 4.78 is 26.3. The summed E-state index contributed by atoms with van der Waals surface area (Å²) in [6.45, 7) is 3.66. The van der Waals surface area contributed by atoms with E-state index in [9.17, 15) is 14.0 Å². The van der Waals surface area contributed by atoms with Gasteiger partial charge in [0.1, 0.15) is 19.0 Å². The van der Waals surface area contributed by atoms with Gasteiger partial charge in [0.05, 0.1) is 23.3 Å². The highest BCUT2D eigenvalue weighted by molar-refractivity contribution is 5.96. The first-order valence-corrected chi connectivity index (χ1v) is 12.2. The maximum atomic E-state index is 14.1. The van der Waals surface area contributed by atoms with Crippen molar-refractivity contribution < 1.29 is 33.2 Å². The maximum absolute atomic E-state index is 14.1. The van der Waals surface area contributed by atoms with Crippen molar-refractivity contribution in [2.45, 2.75) is 52.7 Å². The highest BCUT2D eigenvalue weighted by atomic mass is 19.1. The molecule has 0 saturated heterocycles. The number of fused-ring (bicyclic) bond motifs is 1. The second-order valence-electron chi connectivity index (χ2n) is 8.49. The average Bonchev–Trinajstić information content (AvgIpc) is 3.19. The van der Waals surface area contributed by atoms with Gasteiger partial charge in [-0.15, -0.1) is 0 Å². The normalized spacial score (nSPS) is 11.8. The molecule has 0 N–H and O–H groups in total. The quantitative estimate of drug-likeness (QED) is 0.185. The molecular formula is C28H28FN3O6. The fraction of sp³-hybridized carbons (Fsp3) is 0.286. The van der Waals surface area contributed by atoms with Gasteiger partial charge in [-0.05, 0) is 61.4 Å². The SMILES string of the molecule is CCCC(F)OC(=O)n1c(C)c(CC(=O)OOCc2ccccn2)c2cc(OCc3ccccn3)ccc21. The highest BCUT2D eigenvalue weighted by Gasteiger charge is 2.24. The van der Waals surface area contributed by atoms with Crippen LogP contribution >= 0.6 is 0 Å². The molecule has 1 unspecified atom stereocenters. The van der Waals surface area contributed by atoms with Gasteiger partial charge < -0.3 is 9.47 Å². The highest BCUT2D eigenvalue weighted by Crippen LogP contribution is 2.31. The summed E-state index contributed by atoms with van der Waals surface area (Å²) in [5, 5.41) is 0.561. The Kier molecular flexibility index (Phi) is 8.99. The first-order valence-electron chi connectivity index (χ1n) is 12.2. The standard InChI is InChI=1S/C28H28FN3O6/c1-3-8-26(29)37-28(34)32-19(2)23(16-27(33)38-36-18-21-10-5-7-14-31-21)24-15-22(11-12-25(24)32)35-17-20-9-4-6-13-30-20/h4-7,9-15,26H,3,8,16-18H2,1-2H3. The van der Waals surface area contributed by atoms with E-state index in [4.69, 9.17) is 19.2 Å². The molecule has 0 fully saturated rings. The Morgan fingerprint density at radius 2 is 1.71 bits per heavy atom. The number of carbonyl (C=O) groups excluding carboxylic acids is 2. The van der Waals surface area contributed by atoms with Gasteiger partial charge in [-0.2, -0.15) is 4.89 Å². The monoisotopic (exact) mass is 521 g/mol. The number of rotatable bonds is 11. The Morgan fingerprint density at radius 1 is 1.00 bits per heavy atom. The van der Waals surface area contributed by atoms with E-state index in [-0.39, 0.29) is 26.1 Å². The van der Waals surface area contributed by atoms with Crippen LogP contribution in [0.3, 0.4) is 0 Å². The summed E-state index contributed by atoms with van der Waals surface area (Å²) >= 11 is 0. The molecule has 4 aromatic rings. The molecule has 0 amide bonds. The van der Waals surface area contributed by atoms with E-state index in [1.807, 2.05) is 18.2 Å². The van der Waals surface area contributed by atoms with Crippen LogP contribution in [0.5, 0.6) is 5.75 Å². The van der Waals surface area contributed by atoms with Crippen LogP contribution in [0.15, 0.2) is 67.0 Å². The van der Waals surface area contributed by atoms with E-state index in [1.54, 1.807) is 62.6 Å². The number of alkyl halides is 1. The molecule has 10 heteroatoms. The van der Waals surface area contributed by atoms with Gasteiger partial charge in [0.2, 0.25) is 6.36 Å². The number of carbonyl (C=O) groups is 2. The van der Waals surface area contributed by atoms with Crippen LogP contribution < -0.4 is 4.74 Å². The van der Waals surface area contributed by atoms with Gasteiger partial charge in [0.25, 0.3) is 0 Å². The number of ether oxygens (including phenoxy) is 2. The summed E-state index contributed by atoms with van der Waals surface area (Å²) in [6, 6.07) is 15.9. The number of halogens is 1. The summed E-state index contributed by atoms with van der Waals surface area (Å²) in [5.74, 6) is -0.172. The lowest BCUT2D eigenvalue weighted by Gasteiger charge is -2.12. The second kappa shape index (κ2) is 12.8. The van der Waals surface area contributed by atoms with Gasteiger partial charge in [-0.25, -0.2) is 18.5 Å². The van der Waals surface area contributed by atoms with Crippen molar-refractivity contribution in [1.82, 2.24) is 14.5 Å². The minimum Gasteiger partial charge on any atom is -0.487 e. The number of hydrogen-bond donors (Lipinski definition) is 0. The van der Waals surface area contributed by atoms with Crippen molar-refractivity contribution >= 4 is 23.0 Å². The number of hydrogen-bond acceptors (Lipinski definition) is 8. The Bertz CT molecular complexity index is 1380. The number of aromatic nitrogens is 3. The lowest BCUT2D eigenvalue weighted by molar-refractivity contribution is -0.279. The molecule has 4 rings (SSSR count). The average molecular weight is 522 g/mol. The lowest BCUT2D eigenvalue weighted by atomic mass is 10.1. The van der Waals surface area contributed by atoms with Gasteiger partial charge >= 0.3 is 12.1 Å². The Balaban J connectivity index is 1.57. The predicted molar refractivity (Wildman–Crippen MR) is 136 cm³/mol. The van der Waals surface area contributed by atoms with Crippen LogP contribution in [0.25, 0.3) is 10.9 Å². The Labute approximate surface area is 219 Å². The van der Waals surface area contributed by atoms with Crippen molar-refractivity contribution in [3.8, 4) is 5.75 Å². The van der Waals surface area contributed by atoms with Crippen LogP contribution in [-0.2, 0) is 38.9 Å². The smallest absolute Gasteiger partial charge is 0.421 e. The first kappa shape index (κ1) is 26.7. The fourth-order valence-electron chi connectivity index (χ4n) is 3.91. The van der Waals surface area contributed by atoms with Gasteiger partial charge in [-0.1, -0.05) is 19.1 Å². The van der Waals surface area contributed by atoms with E-state index < -0.39 is 18.4 Å². The van der Waals surface area contributed by atoms with Crippen LogP contribution in [0, 0.1) is 6.92 Å². The lowest BCUT2D eigenvalue weighted by Crippen LogP contribution is -2.20. The first-order chi connectivity index (χ1) is 18.5. The molecule has 0 saturated carbocycles. The van der Waals surface area contributed by atoms with Crippen molar-refractivity contribution in [2.24, 2.45) is 0 Å². The van der Waals surface area contributed by atoms with Crippen LogP contribution in [0.1, 0.15) is 42.4 Å². The zero-order chi connectivity index (χ0) is 26.9. The largest absolute Gasteiger partial charge is 0.487 e. The molecule has 0 aliphatic carbocycles. The summed E-state index contributed by atoms with van der Waals surface area (Å²) in [7, 11) is 0. The molecule has 1 aromatic carbocycles. The minimum absolute atomic E-state index is 0.0134. The van der Waals surface area contributed by atoms with E-state index in [2.05, 4.69) is 9.97 Å². The van der Waals surface area contributed by atoms with Crippen molar-refractivity contribution in [1.29, 1.82) is 0 Å². The van der Waals surface area contributed by atoms with Gasteiger partial charge in [0, 0.05) is 29.9 Å². The Morgan fingerprint density at radius 3 is 2.37 bits per heavy atom. The van der Waals surface area contributed by atoms with Crippen molar-refractivity contribution in [2.75, 3.05) is 0 Å². The summed E-state index contributed by atoms with van der Waals surface area (Å²) in [4.78, 5) is 43.9. The molecule has 3 aromatic heterocycles. The number of benzene rings is 1. The fourth-order valence-corrected chi connectivity index (χ4v) is 3.91. The zero-order valence-electron chi connectivity index (χ0n) is 21.1. The van der Waals surface area contributed by atoms with E-state index >= 15 is 0 Å². The molecule has 9 nitrogen and oxygen atoms in total. The minimum atomic E-state index is -1.74. The number of pyridine rings is 2. The molecule has 1 atom stereocenters. The van der Waals surface area contributed by atoms with E-state index in [0.717, 1.165) is 5.69 Å². The predicted octanol–water partition coefficient (Wildman–Crippen LogP) is 5.62. The third-order valence-corrected chi connectivity index (χ3v) is 5.75. The van der Waals surface area contributed by atoms with Crippen LogP contribution in [0.2, 0.25) is 0 Å². The summed E-state index contributed by atoms with van der Waals surface area (Å²) in [6.07, 6.45) is 1.07. The Hall–Kier alpha value is -4.31. The van der Waals surface area contributed by atoms with Crippen LogP contribution in [-0.4, -0.2) is 33.0 Å². The maximum Gasteiger partial charge on any atom is 0.421 e. The zero-order valence-corrected chi connectivity index (χ0v) is 21.1. The topological polar surface area (TPSA) is 102 Å². The van der Waals surface area contributed by atoms with E-state index in [1.165, 1.54) is 4.57 Å². The van der Waals surface area contributed by atoms with Gasteiger partial charge in [0.15, 0.2) is 0 Å². The second-order valence-corrected chi connectivity index (χ2v) is 8.49. The van der Waals surface area contributed by atoms with Crippen molar-refractivity contribution in [3.05, 3.63) is 89.6 Å². The number of nitrogens with zero attached hydrogens (tertiary/aromatic N) is 3. The molecule has 38 heavy (non-hydrogen) atoms. The van der Waals surface area contributed by atoms with Gasteiger partial charge in [-0.3, -0.25) is 14.9 Å². The molecule has 0 bridgehead atoms.